The maximum absolute atomic E-state index is 12.6. The molecule has 1 saturated heterocycles. The monoisotopic (exact) mass is 290 g/mol. The Kier molecular flexibility index (Phi) is 3.48. The molecule has 1 aliphatic heterocycles. The Hall–Kier alpha value is -2.18. The number of carbonyl (C=O) groups is 1. The number of rotatable bonds is 2. The van der Waals surface area contributed by atoms with E-state index >= 15 is 0 Å². The number of carbonyl (C=O) groups excluding carboxylic acids is 1. The summed E-state index contributed by atoms with van der Waals surface area (Å²) in [6, 6.07) is 0. The molecule has 7 heteroatoms. The van der Waals surface area contributed by atoms with Crippen LogP contribution in [0.1, 0.15) is 52.3 Å². The summed E-state index contributed by atoms with van der Waals surface area (Å²) in [4.78, 5) is 18.8. The van der Waals surface area contributed by atoms with Gasteiger partial charge in [0.05, 0.1) is 5.69 Å². The van der Waals surface area contributed by atoms with Crippen LogP contribution in [0.3, 0.4) is 0 Å². The van der Waals surface area contributed by atoms with E-state index in [-0.39, 0.29) is 11.8 Å². The molecule has 3 rings (SSSR count). The van der Waals surface area contributed by atoms with Crippen LogP contribution in [0, 0.1) is 20.8 Å². The molecule has 0 saturated carbocycles. The van der Waals surface area contributed by atoms with Gasteiger partial charge in [0, 0.05) is 25.9 Å². The van der Waals surface area contributed by atoms with Crippen molar-refractivity contribution in [1.82, 2.24) is 20.2 Å². The zero-order valence-electron chi connectivity index (χ0n) is 12.4. The molecule has 3 heterocycles. The van der Waals surface area contributed by atoms with Gasteiger partial charge >= 0.3 is 0 Å². The SMILES string of the molecule is Cc1nc([C@@H]2CCCN(C(=O)c3c(C)noc3C)C2)no1. The minimum Gasteiger partial charge on any atom is -0.361 e. The average Bonchev–Trinajstić information content (AvgIpc) is 3.05. The van der Waals surface area contributed by atoms with Gasteiger partial charge in [-0.1, -0.05) is 10.3 Å². The lowest BCUT2D eigenvalue weighted by atomic mass is 9.96. The molecule has 1 amide bonds. The second-order valence-electron chi connectivity index (χ2n) is 5.46. The maximum atomic E-state index is 12.6. The first-order chi connectivity index (χ1) is 10.1. The van der Waals surface area contributed by atoms with Crippen LogP contribution in [0.25, 0.3) is 0 Å². The summed E-state index contributed by atoms with van der Waals surface area (Å²) < 4.78 is 10.1. The van der Waals surface area contributed by atoms with E-state index in [0.29, 0.717) is 35.3 Å². The summed E-state index contributed by atoms with van der Waals surface area (Å²) in [7, 11) is 0. The second-order valence-corrected chi connectivity index (χ2v) is 5.46. The number of aromatic nitrogens is 3. The number of amides is 1. The predicted molar refractivity (Wildman–Crippen MR) is 72.9 cm³/mol. The third-order valence-electron chi connectivity index (χ3n) is 3.86. The molecule has 0 unspecified atom stereocenters. The third kappa shape index (κ3) is 2.55. The van der Waals surface area contributed by atoms with Crippen LogP contribution in [-0.2, 0) is 0 Å². The zero-order valence-corrected chi connectivity index (χ0v) is 12.4. The van der Waals surface area contributed by atoms with Crippen molar-refractivity contribution in [3.8, 4) is 0 Å². The van der Waals surface area contributed by atoms with Crippen molar-refractivity contribution in [3.05, 3.63) is 28.7 Å². The number of hydrogen-bond donors (Lipinski definition) is 0. The first kappa shape index (κ1) is 13.8. The van der Waals surface area contributed by atoms with Crippen LogP contribution in [-0.4, -0.2) is 39.2 Å². The lowest BCUT2D eigenvalue weighted by molar-refractivity contribution is 0.0701. The summed E-state index contributed by atoms with van der Waals surface area (Å²) >= 11 is 0. The Bertz CT molecular complexity index is 641. The van der Waals surface area contributed by atoms with Gasteiger partial charge in [-0.15, -0.1) is 0 Å². The van der Waals surface area contributed by atoms with Crippen molar-refractivity contribution in [1.29, 1.82) is 0 Å². The Morgan fingerprint density at radius 1 is 1.24 bits per heavy atom. The molecule has 0 radical (unpaired) electrons. The van der Waals surface area contributed by atoms with Gasteiger partial charge in [-0.2, -0.15) is 4.98 Å². The van der Waals surface area contributed by atoms with Gasteiger partial charge in [-0.3, -0.25) is 4.79 Å². The highest BCUT2D eigenvalue weighted by Crippen LogP contribution is 2.27. The summed E-state index contributed by atoms with van der Waals surface area (Å²) in [6.45, 7) is 6.65. The Labute approximate surface area is 122 Å². The second kappa shape index (κ2) is 5.31. The first-order valence-electron chi connectivity index (χ1n) is 7.08. The quantitative estimate of drug-likeness (QED) is 0.841. The number of nitrogens with zero attached hydrogens (tertiary/aromatic N) is 4. The lowest BCUT2D eigenvalue weighted by Gasteiger charge is -2.31. The topological polar surface area (TPSA) is 85.3 Å². The van der Waals surface area contributed by atoms with Crippen molar-refractivity contribution in [2.45, 2.75) is 39.5 Å². The molecule has 0 spiro atoms. The van der Waals surface area contributed by atoms with E-state index in [0.717, 1.165) is 19.4 Å². The number of aryl methyl sites for hydroxylation is 3. The summed E-state index contributed by atoms with van der Waals surface area (Å²) in [5.74, 6) is 1.90. The Morgan fingerprint density at radius 2 is 2.05 bits per heavy atom. The fraction of sp³-hybridized carbons (Fsp3) is 0.571. The number of likely N-dealkylation sites (tertiary alicyclic amines) is 1. The third-order valence-corrected chi connectivity index (χ3v) is 3.86. The van der Waals surface area contributed by atoms with E-state index in [1.165, 1.54) is 0 Å². The highest BCUT2D eigenvalue weighted by Gasteiger charge is 2.30. The standard InChI is InChI=1S/C14H18N4O3/c1-8-12(9(2)20-16-8)14(19)18-6-4-5-11(7-18)13-15-10(3)21-17-13/h11H,4-7H2,1-3H3/t11-/m1/s1. The molecule has 2 aromatic heterocycles. The van der Waals surface area contributed by atoms with Gasteiger partial charge in [0.15, 0.2) is 5.82 Å². The molecular weight excluding hydrogens is 272 g/mol. The minimum atomic E-state index is -0.0313. The number of hydrogen-bond acceptors (Lipinski definition) is 6. The summed E-state index contributed by atoms with van der Waals surface area (Å²) in [6.07, 6.45) is 1.89. The van der Waals surface area contributed by atoms with Gasteiger partial charge in [0.25, 0.3) is 5.91 Å². The smallest absolute Gasteiger partial charge is 0.259 e. The average molecular weight is 290 g/mol. The molecule has 0 N–H and O–H groups in total. The van der Waals surface area contributed by atoms with E-state index in [4.69, 9.17) is 9.05 Å². The highest BCUT2D eigenvalue weighted by atomic mass is 16.5. The summed E-state index contributed by atoms with van der Waals surface area (Å²) in [5, 5.41) is 7.83. The van der Waals surface area contributed by atoms with Crippen molar-refractivity contribution in [2.75, 3.05) is 13.1 Å². The first-order valence-corrected chi connectivity index (χ1v) is 7.08. The molecule has 2 aromatic rings. The molecule has 1 atom stereocenters. The van der Waals surface area contributed by atoms with Crippen LogP contribution in [0.4, 0.5) is 0 Å². The van der Waals surface area contributed by atoms with Gasteiger partial charge in [-0.25, -0.2) is 0 Å². The maximum Gasteiger partial charge on any atom is 0.259 e. The molecule has 0 aromatic carbocycles. The van der Waals surface area contributed by atoms with Gasteiger partial charge < -0.3 is 13.9 Å². The molecule has 112 valence electrons. The van der Waals surface area contributed by atoms with Crippen LogP contribution >= 0.6 is 0 Å². The summed E-state index contributed by atoms with van der Waals surface area (Å²) in [5.41, 5.74) is 1.20. The minimum absolute atomic E-state index is 0.0313. The van der Waals surface area contributed by atoms with Gasteiger partial charge in [0.1, 0.15) is 11.3 Å². The normalized spacial score (nSPS) is 19.0. The fourth-order valence-corrected chi connectivity index (χ4v) is 2.80. The van der Waals surface area contributed by atoms with Crippen molar-refractivity contribution in [2.24, 2.45) is 0 Å². The molecule has 7 nitrogen and oxygen atoms in total. The van der Waals surface area contributed by atoms with Gasteiger partial charge in [-0.05, 0) is 26.7 Å². The van der Waals surface area contributed by atoms with E-state index in [2.05, 4.69) is 15.3 Å². The highest BCUT2D eigenvalue weighted by molar-refractivity contribution is 5.96. The van der Waals surface area contributed by atoms with Crippen LogP contribution in [0.2, 0.25) is 0 Å². The molecule has 0 aliphatic carbocycles. The van der Waals surface area contributed by atoms with E-state index in [1.807, 2.05) is 4.90 Å². The molecule has 0 bridgehead atoms. The van der Waals surface area contributed by atoms with Crippen molar-refractivity contribution in [3.63, 3.8) is 0 Å². The van der Waals surface area contributed by atoms with Crippen LogP contribution in [0.15, 0.2) is 9.05 Å². The fourth-order valence-electron chi connectivity index (χ4n) is 2.80. The van der Waals surface area contributed by atoms with Crippen molar-refractivity contribution < 1.29 is 13.8 Å². The molecular formula is C14H18N4O3. The Balaban J connectivity index is 1.78. The van der Waals surface area contributed by atoms with E-state index in [9.17, 15) is 4.79 Å². The molecule has 21 heavy (non-hydrogen) atoms. The molecule has 1 aliphatic rings. The predicted octanol–water partition coefficient (Wildman–Crippen LogP) is 2.00. The van der Waals surface area contributed by atoms with E-state index in [1.54, 1.807) is 20.8 Å². The number of piperidine rings is 1. The van der Waals surface area contributed by atoms with Gasteiger partial charge in [0.2, 0.25) is 5.89 Å². The van der Waals surface area contributed by atoms with Crippen LogP contribution in [0.5, 0.6) is 0 Å². The Morgan fingerprint density at radius 3 is 2.67 bits per heavy atom. The van der Waals surface area contributed by atoms with Crippen LogP contribution < -0.4 is 0 Å². The largest absolute Gasteiger partial charge is 0.361 e. The zero-order chi connectivity index (χ0) is 15.0. The molecule has 1 fully saturated rings. The lowest BCUT2D eigenvalue weighted by Crippen LogP contribution is -2.39. The van der Waals surface area contributed by atoms with Crippen molar-refractivity contribution >= 4 is 5.91 Å². The van der Waals surface area contributed by atoms with E-state index < -0.39 is 0 Å².